The van der Waals surface area contributed by atoms with Crippen molar-refractivity contribution >= 4 is 46.0 Å². The number of hydrogen-bond donors (Lipinski definition) is 1. The molecule has 10 heteroatoms. The van der Waals surface area contributed by atoms with Gasteiger partial charge in [-0.2, -0.15) is 0 Å². The highest BCUT2D eigenvalue weighted by Crippen LogP contribution is 2.26. The average molecular weight is 526 g/mol. The van der Waals surface area contributed by atoms with Gasteiger partial charge in [0.05, 0.1) is 5.52 Å². The van der Waals surface area contributed by atoms with Crippen LogP contribution in [0.2, 0.25) is 10.0 Å². The molecule has 36 heavy (non-hydrogen) atoms. The molecule has 0 unspecified atom stereocenters. The van der Waals surface area contributed by atoms with E-state index in [1.165, 1.54) is 0 Å². The summed E-state index contributed by atoms with van der Waals surface area (Å²) < 4.78 is 10.8. The minimum atomic E-state index is -0.501. The van der Waals surface area contributed by atoms with Crippen molar-refractivity contribution in [3.8, 4) is 11.5 Å². The van der Waals surface area contributed by atoms with E-state index in [9.17, 15) is 4.79 Å². The lowest BCUT2D eigenvalue weighted by atomic mass is 9.93. The SMILES string of the molecule is O=C(NCCC1CCN(c2ccc3cc(Cl)ccc3n2)CC1)OCc1nnc(-c2ccc(Cl)cc2)o1. The average Bonchev–Trinajstić information content (AvgIpc) is 3.37. The molecule has 0 radical (unpaired) electrons. The maximum Gasteiger partial charge on any atom is 0.407 e. The predicted octanol–water partition coefficient (Wildman–Crippen LogP) is 6.12. The Morgan fingerprint density at radius 3 is 2.61 bits per heavy atom. The van der Waals surface area contributed by atoms with Gasteiger partial charge in [-0.25, -0.2) is 9.78 Å². The molecule has 1 aliphatic rings. The molecule has 1 fully saturated rings. The molecule has 8 nitrogen and oxygen atoms in total. The van der Waals surface area contributed by atoms with Crippen LogP contribution in [0.4, 0.5) is 10.6 Å². The minimum Gasteiger partial charge on any atom is -0.439 e. The maximum atomic E-state index is 12.1. The van der Waals surface area contributed by atoms with Crippen molar-refractivity contribution in [1.29, 1.82) is 0 Å². The van der Waals surface area contributed by atoms with E-state index in [-0.39, 0.29) is 12.5 Å². The van der Waals surface area contributed by atoms with Crippen LogP contribution in [0.25, 0.3) is 22.4 Å². The van der Waals surface area contributed by atoms with Gasteiger partial charge in [0.2, 0.25) is 5.89 Å². The first-order valence-corrected chi connectivity index (χ1v) is 12.6. The molecule has 0 atom stereocenters. The minimum absolute atomic E-state index is 0.0875. The molecule has 1 amide bonds. The first-order valence-electron chi connectivity index (χ1n) is 11.8. The number of amides is 1. The van der Waals surface area contributed by atoms with E-state index in [2.05, 4.69) is 32.5 Å². The van der Waals surface area contributed by atoms with E-state index in [4.69, 9.17) is 37.3 Å². The highest BCUT2D eigenvalue weighted by Gasteiger charge is 2.20. The summed E-state index contributed by atoms with van der Waals surface area (Å²) in [5, 5.41) is 13.1. The number of rotatable bonds is 7. The highest BCUT2D eigenvalue weighted by molar-refractivity contribution is 6.31. The van der Waals surface area contributed by atoms with Crippen LogP contribution in [-0.4, -0.2) is 40.9 Å². The number of nitrogens with zero attached hydrogens (tertiary/aromatic N) is 4. The fourth-order valence-corrected chi connectivity index (χ4v) is 4.60. The Kier molecular flexibility index (Phi) is 7.53. The Morgan fingerprint density at radius 1 is 1.03 bits per heavy atom. The van der Waals surface area contributed by atoms with Gasteiger partial charge in [0, 0.05) is 40.6 Å². The molecular weight excluding hydrogens is 501 g/mol. The Labute approximate surface area is 218 Å². The number of hydrogen-bond acceptors (Lipinski definition) is 7. The molecule has 2 aromatic carbocycles. The molecule has 5 rings (SSSR count). The van der Waals surface area contributed by atoms with Gasteiger partial charge >= 0.3 is 6.09 Å². The van der Waals surface area contributed by atoms with Gasteiger partial charge in [-0.05, 0) is 79.8 Å². The number of carbonyl (C=O) groups is 1. The lowest BCUT2D eigenvalue weighted by molar-refractivity contribution is 0.128. The molecule has 0 aliphatic carbocycles. The number of fused-ring (bicyclic) bond motifs is 1. The number of benzene rings is 2. The van der Waals surface area contributed by atoms with Gasteiger partial charge in [0.1, 0.15) is 5.82 Å². The third kappa shape index (κ3) is 6.06. The molecule has 1 saturated heterocycles. The van der Waals surface area contributed by atoms with E-state index in [1.54, 1.807) is 24.3 Å². The predicted molar refractivity (Wildman–Crippen MR) is 139 cm³/mol. The highest BCUT2D eigenvalue weighted by atomic mass is 35.5. The van der Waals surface area contributed by atoms with E-state index in [0.717, 1.165) is 54.6 Å². The van der Waals surface area contributed by atoms with Crippen LogP contribution in [0.3, 0.4) is 0 Å². The fourth-order valence-electron chi connectivity index (χ4n) is 4.29. The smallest absolute Gasteiger partial charge is 0.407 e. The molecule has 1 aliphatic heterocycles. The number of pyridine rings is 1. The molecule has 3 heterocycles. The van der Waals surface area contributed by atoms with Gasteiger partial charge in [0.15, 0.2) is 6.61 Å². The van der Waals surface area contributed by atoms with Gasteiger partial charge in [-0.3, -0.25) is 0 Å². The molecule has 0 bridgehead atoms. The second kappa shape index (κ2) is 11.1. The Bertz CT molecular complexity index is 1340. The van der Waals surface area contributed by atoms with E-state index >= 15 is 0 Å². The van der Waals surface area contributed by atoms with Crippen molar-refractivity contribution in [2.24, 2.45) is 5.92 Å². The van der Waals surface area contributed by atoms with E-state index in [1.807, 2.05) is 18.2 Å². The molecule has 2 aromatic heterocycles. The second-order valence-corrected chi connectivity index (χ2v) is 9.61. The van der Waals surface area contributed by atoms with Crippen molar-refractivity contribution in [2.75, 3.05) is 24.5 Å². The zero-order valence-electron chi connectivity index (χ0n) is 19.5. The molecular formula is C26H25Cl2N5O3. The van der Waals surface area contributed by atoms with Crippen LogP contribution in [0.15, 0.2) is 59.0 Å². The molecule has 0 saturated carbocycles. The standard InChI is InChI=1S/C26H25Cl2N5O3/c27-20-4-1-18(2-5-20)25-32-31-24(36-25)16-35-26(34)29-12-9-17-10-13-33(14-11-17)23-8-3-19-15-21(28)6-7-22(19)30-23/h1-8,15,17H,9-14,16H2,(H,29,34). The number of anilines is 1. The Morgan fingerprint density at radius 2 is 1.81 bits per heavy atom. The third-order valence-electron chi connectivity index (χ3n) is 6.28. The fraction of sp³-hybridized carbons (Fsp3) is 0.308. The summed E-state index contributed by atoms with van der Waals surface area (Å²) in [6.07, 6.45) is 2.49. The van der Waals surface area contributed by atoms with Crippen molar-refractivity contribution in [2.45, 2.75) is 25.9 Å². The second-order valence-electron chi connectivity index (χ2n) is 8.74. The van der Waals surface area contributed by atoms with Crippen molar-refractivity contribution in [3.63, 3.8) is 0 Å². The number of alkyl carbamates (subject to hydrolysis) is 1. The lowest BCUT2D eigenvalue weighted by Gasteiger charge is -2.33. The summed E-state index contributed by atoms with van der Waals surface area (Å²) in [6, 6.07) is 16.9. The quantitative estimate of drug-likeness (QED) is 0.310. The van der Waals surface area contributed by atoms with Gasteiger partial charge in [-0.15, -0.1) is 10.2 Å². The molecule has 186 valence electrons. The summed E-state index contributed by atoms with van der Waals surface area (Å²) >= 11 is 12.0. The Hall–Kier alpha value is -3.36. The summed E-state index contributed by atoms with van der Waals surface area (Å²) in [6.45, 7) is 2.34. The van der Waals surface area contributed by atoms with Gasteiger partial charge in [-0.1, -0.05) is 23.2 Å². The zero-order valence-corrected chi connectivity index (χ0v) is 21.0. The first-order chi connectivity index (χ1) is 17.5. The molecule has 0 spiro atoms. The van der Waals surface area contributed by atoms with Crippen molar-refractivity contribution < 1.29 is 13.9 Å². The number of halogens is 2. The monoisotopic (exact) mass is 525 g/mol. The van der Waals surface area contributed by atoms with Crippen LogP contribution in [0.5, 0.6) is 0 Å². The summed E-state index contributed by atoms with van der Waals surface area (Å²) in [4.78, 5) is 19.2. The third-order valence-corrected chi connectivity index (χ3v) is 6.77. The number of nitrogens with one attached hydrogen (secondary N) is 1. The van der Waals surface area contributed by atoms with E-state index < -0.39 is 6.09 Å². The van der Waals surface area contributed by atoms with Crippen molar-refractivity contribution in [3.05, 3.63) is 70.5 Å². The normalized spacial score (nSPS) is 14.2. The van der Waals surface area contributed by atoms with Gasteiger partial charge < -0.3 is 19.4 Å². The van der Waals surface area contributed by atoms with E-state index in [0.29, 0.717) is 28.4 Å². The van der Waals surface area contributed by atoms with Crippen molar-refractivity contribution in [1.82, 2.24) is 20.5 Å². The molecule has 4 aromatic rings. The summed E-state index contributed by atoms with van der Waals surface area (Å²) in [5.41, 5.74) is 1.69. The van der Waals surface area contributed by atoms with Crippen LogP contribution < -0.4 is 10.2 Å². The van der Waals surface area contributed by atoms with Crippen LogP contribution in [-0.2, 0) is 11.3 Å². The summed E-state index contributed by atoms with van der Waals surface area (Å²) in [7, 11) is 0. The molecule has 1 N–H and O–H groups in total. The Balaban J connectivity index is 1.02. The van der Waals surface area contributed by atoms with Crippen LogP contribution in [0.1, 0.15) is 25.2 Å². The van der Waals surface area contributed by atoms with Crippen LogP contribution >= 0.6 is 23.2 Å². The number of aromatic nitrogens is 3. The number of piperidine rings is 1. The summed E-state index contributed by atoms with van der Waals surface area (Å²) in [5.74, 6) is 2.11. The zero-order chi connectivity index (χ0) is 24.9. The first kappa shape index (κ1) is 24.3. The lowest BCUT2D eigenvalue weighted by Crippen LogP contribution is -2.35. The maximum absolute atomic E-state index is 12.1. The topological polar surface area (TPSA) is 93.4 Å². The van der Waals surface area contributed by atoms with Gasteiger partial charge in [0.25, 0.3) is 5.89 Å². The largest absolute Gasteiger partial charge is 0.439 e. The van der Waals surface area contributed by atoms with Crippen LogP contribution in [0, 0.1) is 5.92 Å². The number of ether oxygens (including phenoxy) is 1. The number of carbonyl (C=O) groups excluding carboxylic acids is 1.